The molecule has 0 saturated heterocycles. The second-order valence-electron chi connectivity index (χ2n) is 9.77. The molecular formula is C24H35NO2SSi. The number of thiophene rings is 1. The normalized spacial score (nSPS) is 20.5. The van der Waals surface area contributed by atoms with Gasteiger partial charge in [-0.2, -0.15) is 0 Å². The molecule has 158 valence electrons. The number of rotatable bonds is 6. The first kappa shape index (κ1) is 22.3. The van der Waals surface area contributed by atoms with E-state index in [-0.39, 0.29) is 10.8 Å². The lowest BCUT2D eigenvalue weighted by molar-refractivity contribution is 0.102. The lowest BCUT2D eigenvalue weighted by Gasteiger charge is -2.41. The Hall–Kier alpha value is -1.43. The van der Waals surface area contributed by atoms with Gasteiger partial charge in [-0.3, -0.25) is 4.79 Å². The van der Waals surface area contributed by atoms with Crippen molar-refractivity contribution < 1.29 is 9.22 Å². The summed E-state index contributed by atoms with van der Waals surface area (Å²) in [6.45, 7) is 13.2. The van der Waals surface area contributed by atoms with Gasteiger partial charge in [0.25, 0.3) is 0 Å². The van der Waals surface area contributed by atoms with E-state index in [4.69, 9.17) is 4.43 Å². The number of ketones is 1. The molecule has 1 saturated carbocycles. The molecule has 1 fully saturated rings. The van der Waals surface area contributed by atoms with Crippen molar-refractivity contribution in [3.8, 4) is 10.4 Å². The summed E-state index contributed by atoms with van der Waals surface area (Å²) in [6.07, 6.45) is 4.74. The summed E-state index contributed by atoms with van der Waals surface area (Å²) in [5.41, 5.74) is 2.16. The fraction of sp³-hybridized carbons (Fsp3) is 0.542. The van der Waals surface area contributed by atoms with Gasteiger partial charge in [0.1, 0.15) is 0 Å². The van der Waals surface area contributed by atoms with Crippen LogP contribution in [0.2, 0.25) is 18.1 Å². The van der Waals surface area contributed by atoms with Crippen molar-refractivity contribution in [1.82, 2.24) is 0 Å². The van der Waals surface area contributed by atoms with E-state index in [0.29, 0.717) is 12.1 Å². The molecule has 1 aromatic carbocycles. The Balaban J connectivity index is 1.65. The zero-order valence-electron chi connectivity index (χ0n) is 18.7. The van der Waals surface area contributed by atoms with Gasteiger partial charge in [-0.1, -0.05) is 51.1 Å². The summed E-state index contributed by atoms with van der Waals surface area (Å²) < 4.78 is 6.62. The lowest BCUT2D eigenvalue weighted by atomic mass is 9.93. The van der Waals surface area contributed by atoms with Crippen LogP contribution in [-0.2, 0) is 4.43 Å². The van der Waals surface area contributed by atoms with Crippen LogP contribution in [-0.4, -0.2) is 26.2 Å². The van der Waals surface area contributed by atoms with Gasteiger partial charge in [0.05, 0.1) is 10.6 Å². The fourth-order valence-corrected chi connectivity index (χ4v) is 6.09. The van der Waals surface area contributed by atoms with Crippen LogP contribution < -0.4 is 5.32 Å². The first-order valence-corrected chi connectivity index (χ1v) is 14.4. The Kier molecular flexibility index (Phi) is 6.71. The summed E-state index contributed by atoms with van der Waals surface area (Å²) in [7, 11) is -1.71. The molecule has 1 N–H and O–H groups in total. The summed E-state index contributed by atoms with van der Waals surface area (Å²) in [5.74, 6) is 0.134. The number of Topliss-reactive ketones (excluding diaryl/α,β-unsaturated/α-hetero) is 1. The number of carbonyl (C=O) groups is 1. The molecule has 0 bridgehead atoms. The van der Waals surface area contributed by atoms with Gasteiger partial charge < -0.3 is 9.74 Å². The minimum absolute atomic E-state index is 0.134. The maximum absolute atomic E-state index is 12.2. The number of anilines is 1. The van der Waals surface area contributed by atoms with Crippen LogP contribution in [0.15, 0.2) is 36.4 Å². The monoisotopic (exact) mass is 429 g/mol. The molecule has 0 amide bonds. The maximum atomic E-state index is 12.2. The van der Waals surface area contributed by atoms with E-state index < -0.39 is 8.32 Å². The first-order valence-electron chi connectivity index (χ1n) is 10.7. The summed E-state index contributed by atoms with van der Waals surface area (Å²) >= 11 is 1.59. The number of nitrogens with one attached hydrogen (secondary N) is 1. The maximum Gasteiger partial charge on any atom is 0.192 e. The SMILES string of the molecule is CC(=O)c1sc(-c2ccccc2)cc1N[C@H]1CC[C@@H](O[Si](C)(C)C(C)(C)C)CC1. The van der Waals surface area contributed by atoms with E-state index >= 15 is 0 Å². The number of hydrogen-bond donors (Lipinski definition) is 1. The van der Waals surface area contributed by atoms with E-state index in [1.165, 1.54) is 5.56 Å². The Morgan fingerprint density at radius 1 is 1.10 bits per heavy atom. The van der Waals surface area contributed by atoms with E-state index in [9.17, 15) is 4.79 Å². The van der Waals surface area contributed by atoms with E-state index in [2.05, 4.69) is 57.4 Å². The van der Waals surface area contributed by atoms with Gasteiger partial charge in [-0.25, -0.2) is 0 Å². The molecule has 3 rings (SSSR count). The molecule has 0 unspecified atom stereocenters. The molecule has 5 heteroatoms. The van der Waals surface area contributed by atoms with Gasteiger partial charge in [0.15, 0.2) is 14.1 Å². The summed E-state index contributed by atoms with van der Waals surface area (Å²) in [4.78, 5) is 14.2. The largest absolute Gasteiger partial charge is 0.414 e. The zero-order chi connectivity index (χ0) is 21.2. The minimum Gasteiger partial charge on any atom is -0.414 e. The molecule has 1 aliphatic carbocycles. The molecule has 29 heavy (non-hydrogen) atoms. The number of benzene rings is 1. The van der Waals surface area contributed by atoms with Gasteiger partial charge in [-0.05, 0) is 55.4 Å². The predicted octanol–water partition coefficient (Wildman–Crippen LogP) is 7.36. The van der Waals surface area contributed by atoms with Crippen LogP contribution in [0.4, 0.5) is 5.69 Å². The highest BCUT2D eigenvalue weighted by molar-refractivity contribution is 7.18. The highest BCUT2D eigenvalue weighted by Crippen LogP contribution is 2.40. The van der Waals surface area contributed by atoms with Crippen LogP contribution in [0.25, 0.3) is 10.4 Å². The average Bonchev–Trinajstić information content (AvgIpc) is 3.07. The smallest absolute Gasteiger partial charge is 0.192 e. The number of hydrogen-bond acceptors (Lipinski definition) is 4. The quantitative estimate of drug-likeness (QED) is 0.385. The second-order valence-corrected chi connectivity index (χ2v) is 15.6. The van der Waals surface area contributed by atoms with Crippen molar-refractivity contribution in [3.05, 3.63) is 41.3 Å². The topological polar surface area (TPSA) is 38.3 Å². The van der Waals surface area contributed by atoms with Gasteiger partial charge in [-0.15, -0.1) is 11.3 Å². The minimum atomic E-state index is -1.71. The predicted molar refractivity (Wildman–Crippen MR) is 128 cm³/mol. The van der Waals surface area contributed by atoms with Crippen LogP contribution in [0.3, 0.4) is 0 Å². The van der Waals surface area contributed by atoms with Crippen molar-refractivity contribution in [3.63, 3.8) is 0 Å². The van der Waals surface area contributed by atoms with Crippen LogP contribution >= 0.6 is 11.3 Å². The van der Waals surface area contributed by atoms with Crippen LogP contribution in [0.1, 0.15) is 63.0 Å². The van der Waals surface area contributed by atoms with Gasteiger partial charge >= 0.3 is 0 Å². The van der Waals surface area contributed by atoms with E-state index in [1.807, 2.05) is 18.2 Å². The molecule has 0 spiro atoms. The third kappa shape index (κ3) is 5.38. The Bertz CT molecular complexity index is 830. The molecule has 2 aromatic rings. The standard InChI is InChI=1S/C24H35NO2SSi/c1-17(26)23-21(16-22(28-23)18-10-8-7-9-11-18)25-19-12-14-20(15-13-19)27-29(5,6)24(2,3)4/h7-11,16,19-20,25H,12-15H2,1-6H3/t19-,20+. The van der Waals surface area contributed by atoms with E-state index in [0.717, 1.165) is 41.1 Å². The molecule has 0 radical (unpaired) electrons. The summed E-state index contributed by atoms with van der Waals surface area (Å²) in [5, 5.41) is 3.93. The van der Waals surface area contributed by atoms with Crippen molar-refractivity contribution in [2.75, 3.05) is 5.32 Å². The Morgan fingerprint density at radius 2 is 1.72 bits per heavy atom. The third-order valence-corrected chi connectivity index (χ3v) is 12.2. The highest BCUT2D eigenvalue weighted by atomic mass is 32.1. The molecule has 3 nitrogen and oxygen atoms in total. The van der Waals surface area contributed by atoms with Crippen LogP contribution in [0, 0.1) is 0 Å². The summed E-state index contributed by atoms with van der Waals surface area (Å²) in [6, 6.07) is 12.9. The first-order chi connectivity index (χ1) is 13.6. The van der Waals surface area contributed by atoms with Crippen LogP contribution in [0.5, 0.6) is 0 Å². The van der Waals surface area contributed by atoms with Crippen molar-refractivity contribution >= 4 is 31.1 Å². The molecule has 1 aliphatic rings. The molecule has 0 atom stereocenters. The average molecular weight is 430 g/mol. The highest BCUT2D eigenvalue weighted by Gasteiger charge is 2.39. The molecule has 0 aliphatic heterocycles. The van der Waals surface area contributed by atoms with Gasteiger partial charge in [0.2, 0.25) is 0 Å². The third-order valence-electron chi connectivity index (χ3n) is 6.41. The van der Waals surface area contributed by atoms with Crippen molar-refractivity contribution in [1.29, 1.82) is 0 Å². The lowest BCUT2D eigenvalue weighted by Crippen LogP contribution is -2.45. The fourth-order valence-electron chi connectivity index (χ4n) is 3.64. The molecular weight excluding hydrogens is 394 g/mol. The Morgan fingerprint density at radius 3 is 2.28 bits per heavy atom. The van der Waals surface area contributed by atoms with Crippen molar-refractivity contribution in [2.24, 2.45) is 0 Å². The van der Waals surface area contributed by atoms with Gasteiger partial charge in [0, 0.05) is 23.9 Å². The second kappa shape index (κ2) is 8.74. The Labute approximate surface area is 181 Å². The van der Waals surface area contributed by atoms with Crippen molar-refractivity contribution in [2.45, 2.75) is 83.7 Å². The number of carbonyl (C=O) groups excluding carboxylic acids is 1. The molecule has 1 heterocycles. The van der Waals surface area contributed by atoms with E-state index in [1.54, 1.807) is 18.3 Å². The zero-order valence-corrected chi connectivity index (χ0v) is 20.5. The molecule has 1 aromatic heterocycles.